The van der Waals surface area contributed by atoms with Crippen molar-refractivity contribution < 1.29 is 18.3 Å². The number of nitrogens with zero attached hydrogens (tertiary/aromatic N) is 4. The summed E-state index contributed by atoms with van der Waals surface area (Å²) in [5.41, 5.74) is -0.0642. The van der Waals surface area contributed by atoms with Gasteiger partial charge in [-0.05, 0) is 13.0 Å². The summed E-state index contributed by atoms with van der Waals surface area (Å²) in [6.45, 7) is 2.06. The molecule has 0 atom stereocenters. The van der Waals surface area contributed by atoms with Crippen molar-refractivity contribution in [2.24, 2.45) is 0 Å². The summed E-state index contributed by atoms with van der Waals surface area (Å²) in [5, 5.41) is 12.7. The average molecular weight is 311 g/mol. The molecule has 0 amide bonds. The summed E-state index contributed by atoms with van der Waals surface area (Å²) in [6.07, 6.45) is 3.64. The van der Waals surface area contributed by atoms with Gasteiger partial charge < -0.3 is 5.11 Å². The van der Waals surface area contributed by atoms with Crippen molar-refractivity contribution in [3.05, 3.63) is 36.0 Å². The lowest BCUT2D eigenvalue weighted by Gasteiger charge is -2.07. The van der Waals surface area contributed by atoms with Crippen LogP contribution in [0.25, 0.3) is 0 Å². The summed E-state index contributed by atoms with van der Waals surface area (Å²) < 4.78 is 27.9. The van der Waals surface area contributed by atoms with E-state index in [1.54, 1.807) is 6.92 Å². The number of carboxylic acids is 1. The van der Waals surface area contributed by atoms with Gasteiger partial charge >= 0.3 is 5.97 Å². The summed E-state index contributed by atoms with van der Waals surface area (Å²) >= 11 is 0. The maximum absolute atomic E-state index is 12.1. The Hall–Kier alpha value is -2.33. The lowest BCUT2D eigenvalue weighted by molar-refractivity contribution is 0.0696. The van der Waals surface area contributed by atoms with Crippen molar-refractivity contribution in [2.45, 2.75) is 25.0 Å². The van der Waals surface area contributed by atoms with Gasteiger partial charge in [-0.2, -0.15) is 5.10 Å². The van der Waals surface area contributed by atoms with Crippen LogP contribution in [-0.2, 0) is 23.1 Å². The summed E-state index contributed by atoms with van der Waals surface area (Å²) in [5.74, 6) is -0.972. The van der Waals surface area contributed by atoms with E-state index in [1.165, 1.54) is 16.9 Å². The Bertz CT molecular complexity index is 738. The molecule has 0 radical (unpaired) electrons. The van der Waals surface area contributed by atoms with Crippen LogP contribution in [0.3, 0.4) is 0 Å². The maximum Gasteiger partial charge on any atom is 0.338 e. The van der Waals surface area contributed by atoms with Crippen LogP contribution in [0.2, 0.25) is 0 Å². The van der Waals surface area contributed by atoms with E-state index in [2.05, 4.69) is 19.8 Å². The molecule has 10 heteroatoms. The van der Waals surface area contributed by atoms with Crippen molar-refractivity contribution in [3.63, 3.8) is 0 Å². The molecule has 0 aliphatic heterocycles. The molecule has 21 heavy (non-hydrogen) atoms. The van der Waals surface area contributed by atoms with Gasteiger partial charge in [0.15, 0.2) is 5.03 Å². The topological polar surface area (TPSA) is 127 Å². The molecule has 2 N–H and O–H groups in total. The largest absolute Gasteiger partial charge is 0.478 e. The van der Waals surface area contributed by atoms with Gasteiger partial charge in [0.1, 0.15) is 5.82 Å². The van der Waals surface area contributed by atoms with Gasteiger partial charge in [-0.25, -0.2) is 27.9 Å². The number of carbonyl (C=O) groups is 1. The van der Waals surface area contributed by atoms with Crippen LogP contribution in [-0.4, -0.2) is 39.2 Å². The molecule has 2 rings (SSSR count). The molecule has 0 saturated heterocycles. The molecule has 0 bridgehead atoms. The van der Waals surface area contributed by atoms with Gasteiger partial charge in [-0.1, -0.05) is 0 Å². The second kappa shape index (κ2) is 5.97. The van der Waals surface area contributed by atoms with E-state index in [9.17, 15) is 13.2 Å². The summed E-state index contributed by atoms with van der Waals surface area (Å²) in [4.78, 5) is 18.2. The van der Waals surface area contributed by atoms with Crippen molar-refractivity contribution in [3.8, 4) is 0 Å². The van der Waals surface area contributed by atoms with E-state index in [0.717, 1.165) is 12.4 Å². The zero-order valence-corrected chi connectivity index (χ0v) is 11.9. The number of sulfonamides is 1. The second-order valence-corrected chi connectivity index (χ2v) is 5.72. The van der Waals surface area contributed by atoms with Crippen LogP contribution in [0.15, 0.2) is 29.7 Å². The van der Waals surface area contributed by atoms with Gasteiger partial charge in [0.05, 0.1) is 18.3 Å². The molecule has 2 aromatic heterocycles. The molecule has 2 heterocycles. The number of hydrogen-bond donors (Lipinski definition) is 2. The molecule has 0 saturated carbocycles. The van der Waals surface area contributed by atoms with Crippen molar-refractivity contribution in [1.82, 2.24) is 24.5 Å². The van der Waals surface area contributed by atoms with E-state index < -0.39 is 16.0 Å². The summed E-state index contributed by atoms with van der Waals surface area (Å²) in [7, 11) is -3.73. The van der Waals surface area contributed by atoms with Crippen LogP contribution in [0.5, 0.6) is 0 Å². The van der Waals surface area contributed by atoms with Crippen LogP contribution >= 0.6 is 0 Å². The molecular weight excluding hydrogens is 298 g/mol. The van der Waals surface area contributed by atoms with E-state index in [4.69, 9.17) is 5.11 Å². The molecule has 0 aliphatic rings. The monoisotopic (exact) mass is 311 g/mol. The average Bonchev–Trinajstić information content (AvgIpc) is 2.95. The third-order valence-electron chi connectivity index (χ3n) is 2.62. The fraction of sp³-hybridized carbons (Fsp3) is 0.273. The third kappa shape index (κ3) is 3.41. The van der Waals surface area contributed by atoms with Gasteiger partial charge in [0.25, 0.3) is 10.0 Å². The third-order valence-corrected chi connectivity index (χ3v) is 4.05. The first-order chi connectivity index (χ1) is 9.94. The van der Waals surface area contributed by atoms with Crippen LogP contribution < -0.4 is 4.72 Å². The lowest BCUT2D eigenvalue weighted by Crippen LogP contribution is -2.26. The normalized spacial score (nSPS) is 11.5. The van der Waals surface area contributed by atoms with Crippen molar-refractivity contribution in [1.29, 1.82) is 0 Å². The van der Waals surface area contributed by atoms with Crippen LogP contribution in [0.4, 0.5) is 0 Å². The Balaban J connectivity index is 2.10. The van der Waals surface area contributed by atoms with E-state index >= 15 is 0 Å². The highest BCUT2D eigenvalue weighted by Gasteiger charge is 2.19. The first-order valence-corrected chi connectivity index (χ1v) is 7.48. The van der Waals surface area contributed by atoms with Crippen molar-refractivity contribution in [2.75, 3.05) is 0 Å². The molecular formula is C11H13N5O4S. The zero-order valence-electron chi connectivity index (χ0n) is 11.1. The Morgan fingerprint density at radius 3 is 2.62 bits per heavy atom. The van der Waals surface area contributed by atoms with Gasteiger partial charge in [0, 0.05) is 18.9 Å². The number of carboxylic acid groups (broad SMARTS) is 1. The SMILES string of the molecule is CCn1nccc1S(=O)(=O)NCc1ncc(C(=O)O)cn1. The number of aryl methyl sites for hydroxylation is 1. The minimum atomic E-state index is -3.73. The van der Waals surface area contributed by atoms with Gasteiger partial charge in [-0.3, -0.25) is 4.68 Å². The highest BCUT2D eigenvalue weighted by atomic mass is 32.2. The first-order valence-electron chi connectivity index (χ1n) is 5.99. The minimum absolute atomic E-state index is 0.0483. The smallest absolute Gasteiger partial charge is 0.338 e. The van der Waals surface area contributed by atoms with Crippen LogP contribution in [0, 0.1) is 0 Å². The second-order valence-electron chi connectivity index (χ2n) is 4.00. The fourth-order valence-corrected chi connectivity index (χ4v) is 2.74. The number of hydrogen-bond acceptors (Lipinski definition) is 6. The predicted octanol–water partition coefficient (Wildman–Crippen LogP) is -0.130. The van der Waals surface area contributed by atoms with E-state index in [0.29, 0.717) is 6.54 Å². The molecule has 0 unspecified atom stereocenters. The lowest BCUT2D eigenvalue weighted by atomic mass is 10.3. The highest BCUT2D eigenvalue weighted by Crippen LogP contribution is 2.08. The number of aromatic carboxylic acids is 1. The van der Waals surface area contributed by atoms with E-state index in [-0.39, 0.29) is 23.0 Å². The predicted molar refractivity (Wildman–Crippen MR) is 70.9 cm³/mol. The minimum Gasteiger partial charge on any atom is -0.478 e. The van der Waals surface area contributed by atoms with Gasteiger partial charge in [-0.15, -0.1) is 0 Å². The molecule has 2 aromatic rings. The molecule has 0 fully saturated rings. The maximum atomic E-state index is 12.1. The Kier molecular flexibility index (Phi) is 4.29. The highest BCUT2D eigenvalue weighted by molar-refractivity contribution is 7.89. The summed E-state index contributed by atoms with van der Waals surface area (Å²) in [6, 6.07) is 1.39. The number of aromatic nitrogens is 4. The van der Waals surface area contributed by atoms with Crippen LogP contribution in [0.1, 0.15) is 23.1 Å². The molecule has 0 spiro atoms. The number of rotatable bonds is 6. The molecule has 0 aromatic carbocycles. The number of nitrogens with one attached hydrogen (secondary N) is 1. The fourth-order valence-electron chi connectivity index (χ4n) is 1.58. The Morgan fingerprint density at radius 1 is 1.38 bits per heavy atom. The molecule has 9 nitrogen and oxygen atoms in total. The van der Waals surface area contributed by atoms with Crippen molar-refractivity contribution >= 4 is 16.0 Å². The zero-order chi connectivity index (χ0) is 15.5. The molecule has 0 aliphatic carbocycles. The standard InChI is InChI=1S/C11H13N5O4S/c1-2-16-10(3-4-14-16)21(19,20)15-7-9-12-5-8(6-13-9)11(17)18/h3-6,15H,2,7H2,1H3,(H,17,18). The quantitative estimate of drug-likeness (QED) is 0.760. The Labute approximate surface area is 120 Å². The van der Waals surface area contributed by atoms with E-state index in [1.807, 2.05) is 0 Å². The Morgan fingerprint density at radius 2 is 2.05 bits per heavy atom. The first kappa shape index (κ1) is 15.1. The molecule has 112 valence electrons. The van der Waals surface area contributed by atoms with Gasteiger partial charge in [0.2, 0.25) is 0 Å².